The molecule has 8 heteroatoms. The van der Waals surface area contributed by atoms with Crippen LogP contribution in [0.15, 0.2) is 47.3 Å². The van der Waals surface area contributed by atoms with E-state index < -0.39 is 5.91 Å². The highest BCUT2D eigenvalue weighted by Gasteiger charge is 2.24. The number of carbonyl (C=O) groups excluding carboxylic acids is 1. The zero-order valence-electron chi connectivity index (χ0n) is 19.3. The number of carbonyl (C=O) groups is 1. The first-order valence-electron chi connectivity index (χ1n) is 10.9. The summed E-state index contributed by atoms with van der Waals surface area (Å²) in [6.07, 6.45) is 1.82. The quantitative estimate of drug-likeness (QED) is 0.575. The second-order valence-electron chi connectivity index (χ2n) is 7.98. The fraction of sp³-hybridized carbons (Fsp3) is 0.269. The van der Waals surface area contributed by atoms with Gasteiger partial charge >= 0.3 is 0 Å². The Morgan fingerprint density at radius 2 is 1.91 bits per heavy atom. The van der Waals surface area contributed by atoms with E-state index in [9.17, 15) is 14.9 Å². The maximum absolute atomic E-state index is 13.7. The van der Waals surface area contributed by atoms with Crippen LogP contribution in [0.5, 0.6) is 5.75 Å². The molecule has 1 aromatic heterocycles. The Morgan fingerprint density at radius 3 is 2.62 bits per heavy atom. The number of para-hydroxylation sites is 2. The maximum atomic E-state index is 13.7. The summed E-state index contributed by atoms with van der Waals surface area (Å²) in [4.78, 5) is 28.6. The van der Waals surface area contributed by atoms with Gasteiger partial charge in [0.05, 0.1) is 30.5 Å². The predicted octanol–water partition coefficient (Wildman–Crippen LogP) is 1.89. The number of ether oxygens (including phenoxy) is 2. The van der Waals surface area contributed by atoms with E-state index in [1.807, 2.05) is 38.1 Å². The van der Waals surface area contributed by atoms with Gasteiger partial charge in [0.25, 0.3) is 11.5 Å². The molecule has 1 aliphatic rings. The van der Waals surface area contributed by atoms with Gasteiger partial charge in [-0.3, -0.25) is 14.2 Å². The third-order valence-electron chi connectivity index (χ3n) is 5.71. The Balaban J connectivity index is 2.05. The minimum absolute atomic E-state index is 0.0736. The number of thiazole rings is 1. The van der Waals surface area contributed by atoms with Crippen molar-refractivity contribution in [3.8, 4) is 17.5 Å². The summed E-state index contributed by atoms with van der Waals surface area (Å²) in [5.74, 6) is 0.0621. The largest absolute Gasteiger partial charge is 0.495 e. The molecular weight excluding hydrogens is 450 g/mol. The summed E-state index contributed by atoms with van der Waals surface area (Å²) in [5, 5.41) is 10.0. The highest BCUT2D eigenvalue weighted by Crippen LogP contribution is 2.20. The molecular formula is C26H25N3O4S. The number of methoxy groups -OCH3 is 1. The number of benzene rings is 2. The molecule has 0 radical (unpaired) electrons. The van der Waals surface area contributed by atoms with Crippen molar-refractivity contribution in [1.82, 2.24) is 9.47 Å². The molecule has 0 saturated carbocycles. The zero-order valence-corrected chi connectivity index (χ0v) is 20.1. The molecule has 0 aliphatic carbocycles. The summed E-state index contributed by atoms with van der Waals surface area (Å²) in [6.45, 7) is 5.60. The fourth-order valence-electron chi connectivity index (χ4n) is 3.85. The van der Waals surface area contributed by atoms with Gasteiger partial charge in [0.2, 0.25) is 0 Å². The molecule has 0 N–H and O–H groups in total. The molecule has 0 atom stereocenters. The number of rotatable bonds is 4. The van der Waals surface area contributed by atoms with Crippen molar-refractivity contribution < 1.29 is 14.3 Å². The Morgan fingerprint density at radius 1 is 1.18 bits per heavy atom. The summed E-state index contributed by atoms with van der Waals surface area (Å²) >= 11 is 1.14. The van der Waals surface area contributed by atoms with Crippen LogP contribution in [0.25, 0.3) is 17.3 Å². The molecule has 0 spiro atoms. The molecule has 1 saturated heterocycles. The standard InChI is InChI=1S/C26H25N3O4S/c1-17-8-9-18(2)19(14-17)15-23-25(31)29(21-6-4-5-7-22(21)32-3)26(34-23)20(16-27)24(30)28-10-12-33-13-11-28/h4-9,14-15H,10-13H2,1-3H3/b23-15+,26-20-. The fourth-order valence-corrected chi connectivity index (χ4v) is 4.93. The van der Waals surface area contributed by atoms with Gasteiger partial charge in [-0.25, -0.2) is 0 Å². The van der Waals surface area contributed by atoms with Crippen LogP contribution in [0, 0.1) is 25.2 Å². The van der Waals surface area contributed by atoms with E-state index in [1.165, 1.54) is 11.7 Å². The minimum atomic E-state index is -0.408. The smallest absolute Gasteiger partial charge is 0.273 e. The summed E-state index contributed by atoms with van der Waals surface area (Å²) in [7, 11) is 1.52. The monoisotopic (exact) mass is 475 g/mol. The van der Waals surface area contributed by atoms with Crippen LogP contribution in [0.2, 0.25) is 0 Å². The molecule has 1 amide bonds. The lowest BCUT2D eigenvalue weighted by Crippen LogP contribution is -2.42. The number of aryl methyl sites for hydroxylation is 2. The van der Waals surface area contributed by atoms with Crippen LogP contribution >= 0.6 is 11.3 Å². The van der Waals surface area contributed by atoms with Crippen molar-refractivity contribution in [2.75, 3.05) is 33.4 Å². The lowest BCUT2D eigenvalue weighted by Gasteiger charge is -2.26. The third kappa shape index (κ3) is 4.53. The van der Waals surface area contributed by atoms with E-state index in [4.69, 9.17) is 9.47 Å². The topological polar surface area (TPSA) is 84.6 Å². The van der Waals surface area contributed by atoms with Crippen LogP contribution in [0.4, 0.5) is 0 Å². The van der Waals surface area contributed by atoms with Crippen molar-refractivity contribution >= 4 is 28.9 Å². The molecule has 0 unspecified atom stereocenters. The zero-order chi connectivity index (χ0) is 24.2. The van der Waals surface area contributed by atoms with Crippen LogP contribution in [-0.4, -0.2) is 48.8 Å². The normalized spacial score (nSPS) is 15.1. The first kappa shape index (κ1) is 23.5. The van der Waals surface area contributed by atoms with Crippen molar-refractivity contribution in [3.63, 3.8) is 0 Å². The lowest BCUT2D eigenvalue weighted by atomic mass is 10.1. The van der Waals surface area contributed by atoms with E-state index in [2.05, 4.69) is 6.07 Å². The Kier molecular flexibility index (Phi) is 6.96. The third-order valence-corrected chi connectivity index (χ3v) is 6.80. The second-order valence-corrected chi connectivity index (χ2v) is 9.01. The number of nitriles is 1. The number of hydrogen-bond acceptors (Lipinski definition) is 6. The molecule has 1 aliphatic heterocycles. The average Bonchev–Trinajstić information content (AvgIpc) is 3.17. The van der Waals surface area contributed by atoms with Gasteiger partial charge in [0.1, 0.15) is 16.5 Å². The first-order valence-corrected chi connectivity index (χ1v) is 11.7. The number of hydrogen-bond donors (Lipinski definition) is 0. The molecule has 4 rings (SSSR count). The van der Waals surface area contributed by atoms with E-state index in [0.29, 0.717) is 42.3 Å². The van der Waals surface area contributed by atoms with Gasteiger partial charge in [0.15, 0.2) is 5.57 Å². The predicted molar refractivity (Wildman–Crippen MR) is 132 cm³/mol. The van der Waals surface area contributed by atoms with Crippen molar-refractivity contribution in [2.45, 2.75) is 13.8 Å². The van der Waals surface area contributed by atoms with Gasteiger partial charge in [0, 0.05) is 13.1 Å². The molecule has 2 aromatic carbocycles. The molecule has 1 fully saturated rings. The molecule has 174 valence electrons. The minimum Gasteiger partial charge on any atom is -0.495 e. The van der Waals surface area contributed by atoms with Crippen LogP contribution in [-0.2, 0) is 9.53 Å². The van der Waals surface area contributed by atoms with E-state index in [0.717, 1.165) is 28.0 Å². The maximum Gasteiger partial charge on any atom is 0.273 e. The Labute approximate surface area is 201 Å². The van der Waals surface area contributed by atoms with Gasteiger partial charge in [-0.1, -0.05) is 35.9 Å². The lowest BCUT2D eigenvalue weighted by molar-refractivity contribution is -0.128. The van der Waals surface area contributed by atoms with Gasteiger partial charge in [-0.2, -0.15) is 5.26 Å². The number of morpholine rings is 1. The van der Waals surface area contributed by atoms with E-state index in [1.54, 1.807) is 29.2 Å². The number of nitrogens with zero attached hydrogens (tertiary/aromatic N) is 3. The SMILES string of the molecule is COc1ccccc1-n1c(=O)/c(=C\c2cc(C)ccc2C)s/c1=C(/C#N)C(=O)N1CCOCC1. The van der Waals surface area contributed by atoms with Gasteiger partial charge < -0.3 is 14.4 Å². The number of amides is 1. The van der Waals surface area contributed by atoms with Crippen LogP contribution in [0.3, 0.4) is 0 Å². The molecule has 7 nitrogen and oxygen atoms in total. The molecule has 0 bridgehead atoms. The summed E-state index contributed by atoms with van der Waals surface area (Å²) in [6, 6.07) is 15.2. The molecule has 3 aromatic rings. The van der Waals surface area contributed by atoms with E-state index >= 15 is 0 Å². The highest BCUT2D eigenvalue weighted by molar-refractivity contribution is 7.07. The van der Waals surface area contributed by atoms with Crippen LogP contribution in [0.1, 0.15) is 16.7 Å². The van der Waals surface area contributed by atoms with Crippen molar-refractivity contribution in [1.29, 1.82) is 5.26 Å². The second kappa shape index (κ2) is 10.1. The van der Waals surface area contributed by atoms with Gasteiger partial charge in [-0.15, -0.1) is 11.3 Å². The number of aromatic nitrogens is 1. The Hall–Kier alpha value is -3.67. The van der Waals surface area contributed by atoms with Crippen LogP contribution < -0.4 is 19.5 Å². The van der Waals surface area contributed by atoms with Gasteiger partial charge in [-0.05, 0) is 43.2 Å². The van der Waals surface area contributed by atoms with Crippen molar-refractivity contribution in [2.24, 2.45) is 0 Å². The molecule has 34 heavy (non-hydrogen) atoms. The highest BCUT2D eigenvalue weighted by atomic mass is 32.1. The summed E-state index contributed by atoms with van der Waals surface area (Å²) < 4.78 is 13.0. The average molecular weight is 476 g/mol. The Bertz CT molecular complexity index is 1460. The summed E-state index contributed by atoms with van der Waals surface area (Å²) in [5.41, 5.74) is 3.10. The van der Waals surface area contributed by atoms with E-state index in [-0.39, 0.29) is 15.8 Å². The van der Waals surface area contributed by atoms with Crippen molar-refractivity contribution in [3.05, 3.63) is 78.7 Å². The first-order chi connectivity index (χ1) is 16.4. The molecule has 2 heterocycles.